The first-order chi connectivity index (χ1) is 10.2. The first-order valence-corrected chi connectivity index (χ1v) is 7.57. The fourth-order valence-electron chi connectivity index (χ4n) is 2.20. The van der Waals surface area contributed by atoms with Crippen LogP contribution < -0.4 is 5.32 Å². The Morgan fingerprint density at radius 3 is 2.62 bits per heavy atom. The van der Waals surface area contributed by atoms with E-state index >= 15 is 0 Å². The van der Waals surface area contributed by atoms with E-state index in [2.05, 4.69) is 41.5 Å². The molecule has 0 bridgehead atoms. The standard InChI is InChI=1S/C17H16N2OS/c1-11-3-6-13(7-4-11)21-16-10-19-15-8-5-12(9-14(15)16)17(20)18-2/h3-10,19H,1-2H3,(H,18,20). The van der Waals surface area contributed by atoms with E-state index in [0.717, 1.165) is 15.8 Å². The summed E-state index contributed by atoms with van der Waals surface area (Å²) in [6, 6.07) is 14.1. The van der Waals surface area contributed by atoms with Crippen molar-refractivity contribution in [3.05, 3.63) is 59.8 Å². The van der Waals surface area contributed by atoms with Gasteiger partial charge in [-0.25, -0.2) is 0 Å². The van der Waals surface area contributed by atoms with Gasteiger partial charge in [0, 0.05) is 39.5 Å². The van der Waals surface area contributed by atoms with Crippen molar-refractivity contribution in [1.82, 2.24) is 10.3 Å². The van der Waals surface area contributed by atoms with Crippen molar-refractivity contribution in [3.8, 4) is 0 Å². The number of benzene rings is 2. The van der Waals surface area contributed by atoms with Crippen LogP contribution in [0.3, 0.4) is 0 Å². The summed E-state index contributed by atoms with van der Waals surface area (Å²) in [4.78, 5) is 17.3. The maximum Gasteiger partial charge on any atom is 0.251 e. The number of aryl methyl sites for hydroxylation is 1. The molecular formula is C17H16N2OS. The second-order valence-electron chi connectivity index (χ2n) is 4.91. The number of aromatic nitrogens is 1. The second-order valence-corrected chi connectivity index (χ2v) is 6.02. The Morgan fingerprint density at radius 1 is 1.14 bits per heavy atom. The number of nitrogens with one attached hydrogen (secondary N) is 2. The lowest BCUT2D eigenvalue weighted by molar-refractivity contribution is 0.0963. The molecule has 0 spiro atoms. The van der Waals surface area contributed by atoms with E-state index in [1.54, 1.807) is 18.8 Å². The molecule has 0 aliphatic rings. The average molecular weight is 296 g/mol. The molecule has 0 aliphatic carbocycles. The normalized spacial score (nSPS) is 10.8. The number of fused-ring (bicyclic) bond motifs is 1. The zero-order valence-electron chi connectivity index (χ0n) is 11.9. The van der Waals surface area contributed by atoms with Gasteiger partial charge in [-0.2, -0.15) is 0 Å². The van der Waals surface area contributed by atoms with Crippen molar-refractivity contribution < 1.29 is 4.79 Å². The highest BCUT2D eigenvalue weighted by Gasteiger charge is 2.09. The van der Waals surface area contributed by atoms with Gasteiger partial charge in [-0.3, -0.25) is 4.79 Å². The number of hydrogen-bond acceptors (Lipinski definition) is 2. The van der Waals surface area contributed by atoms with Crippen molar-refractivity contribution in [3.63, 3.8) is 0 Å². The quantitative estimate of drug-likeness (QED) is 0.767. The lowest BCUT2D eigenvalue weighted by Gasteiger charge is -2.03. The van der Waals surface area contributed by atoms with Gasteiger partial charge in [-0.15, -0.1) is 0 Å². The topological polar surface area (TPSA) is 44.9 Å². The first-order valence-electron chi connectivity index (χ1n) is 6.75. The summed E-state index contributed by atoms with van der Waals surface area (Å²) < 4.78 is 0. The number of H-pyrrole nitrogens is 1. The van der Waals surface area contributed by atoms with Gasteiger partial charge in [0.15, 0.2) is 0 Å². The molecule has 0 saturated heterocycles. The van der Waals surface area contributed by atoms with Crippen LogP contribution in [0.15, 0.2) is 58.5 Å². The highest BCUT2D eigenvalue weighted by molar-refractivity contribution is 7.99. The van der Waals surface area contributed by atoms with Crippen molar-refractivity contribution in [1.29, 1.82) is 0 Å². The summed E-state index contributed by atoms with van der Waals surface area (Å²) in [5.74, 6) is -0.0654. The molecule has 106 valence electrons. The lowest BCUT2D eigenvalue weighted by atomic mass is 10.1. The van der Waals surface area contributed by atoms with Crippen molar-refractivity contribution >= 4 is 28.6 Å². The van der Waals surface area contributed by atoms with Gasteiger partial charge >= 0.3 is 0 Å². The SMILES string of the molecule is CNC(=O)c1ccc2[nH]cc(Sc3ccc(C)cc3)c2c1. The zero-order chi connectivity index (χ0) is 14.8. The molecule has 1 amide bonds. The number of amides is 1. The fourth-order valence-corrected chi connectivity index (χ4v) is 3.12. The molecule has 4 heteroatoms. The lowest BCUT2D eigenvalue weighted by Crippen LogP contribution is -2.17. The number of rotatable bonds is 3. The maximum atomic E-state index is 11.8. The largest absolute Gasteiger partial charge is 0.360 e. The molecule has 0 fully saturated rings. The van der Waals surface area contributed by atoms with Gasteiger partial charge in [0.1, 0.15) is 0 Å². The predicted molar refractivity (Wildman–Crippen MR) is 87.0 cm³/mol. The second kappa shape index (κ2) is 5.66. The molecule has 1 aromatic heterocycles. The van der Waals surface area contributed by atoms with Crippen LogP contribution in [0.2, 0.25) is 0 Å². The van der Waals surface area contributed by atoms with Gasteiger partial charge in [0.25, 0.3) is 5.91 Å². The van der Waals surface area contributed by atoms with Crippen LogP contribution in [0.5, 0.6) is 0 Å². The highest BCUT2D eigenvalue weighted by Crippen LogP contribution is 2.34. The first kappa shape index (κ1) is 13.8. The summed E-state index contributed by atoms with van der Waals surface area (Å²) in [5.41, 5.74) is 2.97. The minimum atomic E-state index is -0.0654. The Labute approximate surface area is 127 Å². The molecule has 3 aromatic rings. The number of hydrogen-bond donors (Lipinski definition) is 2. The molecule has 3 nitrogen and oxygen atoms in total. The van der Waals surface area contributed by atoms with E-state index in [4.69, 9.17) is 0 Å². The van der Waals surface area contributed by atoms with Gasteiger partial charge < -0.3 is 10.3 Å². The Bertz CT molecular complexity index is 790. The number of carbonyl (C=O) groups excluding carboxylic acids is 1. The summed E-state index contributed by atoms with van der Waals surface area (Å²) in [5, 5.41) is 3.73. The number of aromatic amines is 1. The van der Waals surface area contributed by atoms with Gasteiger partial charge in [-0.1, -0.05) is 29.5 Å². The van der Waals surface area contributed by atoms with Crippen molar-refractivity contribution in [2.75, 3.05) is 7.05 Å². The molecule has 21 heavy (non-hydrogen) atoms. The maximum absolute atomic E-state index is 11.8. The molecular weight excluding hydrogens is 280 g/mol. The van der Waals surface area contributed by atoms with Crippen LogP contribution in [-0.4, -0.2) is 17.9 Å². The van der Waals surface area contributed by atoms with Gasteiger partial charge in [0.05, 0.1) is 0 Å². The van der Waals surface area contributed by atoms with Crippen LogP contribution in [0.25, 0.3) is 10.9 Å². The van der Waals surface area contributed by atoms with Crippen LogP contribution in [0.1, 0.15) is 15.9 Å². The van der Waals surface area contributed by atoms with Crippen LogP contribution in [-0.2, 0) is 0 Å². The molecule has 0 radical (unpaired) electrons. The number of carbonyl (C=O) groups is 1. The summed E-state index contributed by atoms with van der Waals surface area (Å²) in [7, 11) is 1.64. The Kier molecular flexibility index (Phi) is 3.71. The monoisotopic (exact) mass is 296 g/mol. The van der Waals surface area contributed by atoms with Gasteiger partial charge in [-0.05, 0) is 37.3 Å². The molecule has 1 heterocycles. The van der Waals surface area contributed by atoms with Gasteiger partial charge in [0.2, 0.25) is 0 Å². The van der Waals surface area contributed by atoms with Crippen LogP contribution in [0.4, 0.5) is 0 Å². The summed E-state index contributed by atoms with van der Waals surface area (Å²) >= 11 is 1.70. The highest BCUT2D eigenvalue weighted by atomic mass is 32.2. The van der Waals surface area contributed by atoms with E-state index in [0.29, 0.717) is 5.56 Å². The van der Waals surface area contributed by atoms with Crippen LogP contribution >= 0.6 is 11.8 Å². The molecule has 0 aliphatic heterocycles. The van der Waals surface area contributed by atoms with Crippen LogP contribution in [0, 0.1) is 6.92 Å². The smallest absolute Gasteiger partial charge is 0.251 e. The Hall–Kier alpha value is -2.20. The predicted octanol–water partition coefficient (Wildman–Crippen LogP) is 3.99. The summed E-state index contributed by atoms with van der Waals surface area (Å²) in [6.45, 7) is 2.08. The third kappa shape index (κ3) is 2.81. The minimum Gasteiger partial charge on any atom is -0.360 e. The third-order valence-corrected chi connectivity index (χ3v) is 4.45. The Balaban J connectivity index is 1.98. The zero-order valence-corrected chi connectivity index (χ0v) is 12.8. The average Bonchev–Trinajstić information content (AvgIpc) is 2.91. The minimum absolute atomic E-state index is 0.0654. The summed E-state index contributed by atoms with van der Waals surface area (Å²) in [6.07, 6.45) is 1.99. The van der Waals surface area contributed by atoms with E-state index in [1.165, 1.54) is 10.5 Å². The van der Waals surface area contributed by atoms with E-state index < -0.39 is 0 Å². The van der Waals surface area contributed by atoms with E-state index in [-0.39, 0.29) is 5.91 Å². The molecule has 0 atom stereocenters. The van der Waals surface area contributed by atoms with Crippen molar-refractivity contribution in [2.24, 2.45) is 0 Å². The Morgan fingerprint density at radius 2 is 1.90 bits per heavy atom. The van der Waals surface area contributed by atoms with E-state index in [9.17, 15) is 4.79 Å². The van der Waals surface area contributed by atoms with Crippen molar-refractivity contribution in [2.45, 2.75) is 16.7 Å². The molecule has 2 aromatic carbocycles. The fraction of sp³-hybridized carbons (Fsp3) is 0.118. The van der Waals surface area contributed by atoms with E-state index in [1.807, 2.05) is 24.4 Å². The molecule has 0 saturated carbocycles. The molecule has 2 N–H and O–H groups in total. The molecule has 3 rings (SSSR count). The molecule has 0 unspecified atom stereocenters. The third-order valence-electron chi connectivity index (χ3n) is 3.38.